The zero-order valence-corrected chi connectivity index (χ0v) is 12.9. The molecule has 1 heterocycles. The summed E-state index contributed by atoms with van der Waals surface area (Å²) in [5, 5.41) is 12.8. The fourth-order valence-electron chi connectivity index (χ4n) is 1.92. The third-order valence-corrected chi connectivity index (χ3v) is 3.06. The first-order valence-corrected chi connectivity index (χ1v) is 6.89. The third-order valence-electron chi connectivity index (χ3n) is 3.06. The van der Waals surface area contributed by atoms with Gasteiger partial charge in [-0.25, -0.2) is 0 Å². The highest BCUT2D eigenvalue weighted by atomic mass is 16.5. The van der Waals surface area contributed by atoms with E-state index in [-0.39, 0.29) is 5.41 Å². The molecule has 5 heteroatoms. The first-order chi connectivity index (χ1) is 9.88. The van der Waals surface area contributed by atoms with Crippen LogP contribution in [0.25, 0.3) is 0 Å². The van der Waals surface area contributed by atoms with Crippen molar-refractivity contribution in [3.63, 3.8) is 0 Å². The second kappa shape index (κ2) is 6.06. The Labute approximate surface area is 125 Å². The molecule has 0 atom stereocenters. The Morgan fingerprint density at radius 2 is 1.86 bits per heavy atom. The summed E-state index contributed by atoms with van der Waals surface area (Å²) in [6.45, 7) is 7.53. The van der Waals surface area contributed by atoms with Crippen LogP contribution in [0.15, 0.2) is 28.8 Å². The number of benzene rings is 1. The molecule has 2 aromatic rings. The minimum atomic E-state index is -0.128. The van der Waals surface area contributed by atoms with E-state index >= 15 is 0 Å². The summed E-state index contributed by atoms with van der Waals surface area (Å²) in [4.78, 5) is 6.54. The van der Waals surface area contributed by atoms with Gasteiger partial charge in [-0.15, -0.1) is 0 Å². The monoisotopic (exact) mass is 284 g/mol. The van der Waals surface area contributed by atoms with E-state index in [1.165, 1.54) is 0 Å². The van der Waals surface area contributed by atoms with E-state index in [0.29, 0.717) is 23.8 Å². The standard InChI is InChI=1S/C16H20N4O/c1-16(2,3)15-18-14(19-21-15)11-20(4)10-13-7-5-12(9-17)6-8-13/h5-8H,10-11H2,1-4H3. The highest BCUT2D eigenvalue weighted by Crippen LogP contribution is 2.20. The number of rotatable bonds is 4. The van der Waals surface area contributed by atoms with Gasteiger partial charge in [0, 0.05) is 12.0 Å². The van der Waals surface area contributed by atoms with Gasteiger partial charge in [-0.3, -0.25) is 4.90 Å². The Bertz CT molecular complexity index is 632. The smallest absolute Gasteiger partial charge is 0.232 e. The van der Waals surface area contributed by atoms with Crippen molar-refractivity contribution in [1.82, 2.24) is 15.0 Å². The second-order valence-corrected chi connectivity index (χ2v) is 6.25. The lowest BCUT2D eigenvalue weighted by atomic mass is 9.97. The molecule has 1 aromatic carbocycles. The number of hydrogen-bond acceptors (Lipinski definition) is 5. The molecule has 0 saturated heterocycles. The van der Waals surface area contributed by atoms with Crippen LogP contribution in [-0.2, 0) is 18.5 Å². The molecule has 0 unspecified atom stereocenters. The number of nitriles is 1. The first kappa shape index (κ1) is 15.2. The lowest BCUT2D eigenvalue weighted by Gasteiger charge is -2.14. The Morgan fingerprint density at radius 1 is 1.19 bits per heavy atom. The molecular formula is C16H20N4O. The van der Waals surface area contributed by atoms with E-state index < -0.39 is 0 Å². The van der Waals surface area contributed by atoms with Crippen LogP contribution in [0.1, 0.15) is 43.6 Å². The van der Waals surface area contributed by atoms with Crippen molar-refractivity contribution in [2.75, 3.05) is 7.05 Å². The van der Waals surface area contributed by atoms with E-state index in [1.54, 1.807) is 0 Å². The lowest BCUT2D eigenvalue weighted by molar-refractivity contribution is 0.292. The predicted octanol–water partition coefficient (Wildman–Crippen LogP) is 2.87. The molecule has 0 aliphatic rings. The summed E-state index contributed by atoms with van der Waals surface area (Å²) < 4.78 is 5.29. The molecule has 0 saturated carbocycles. The van der Waals surface area contributed by atoms with Gasteiger partial charge in [0.2, 0.25) is 5.89 Å². The van der Waals surface area contributed by atoms with Gasteiger partial charge in [0.15, 0.2) is 5.82 Å². The molecule has 0 radical (unpaired) electrons. The quantitative estimate of drug-likeness (QED) is 0.863. The molecule has 1 aromatic heterocycles. The topological polar surface area (TPSA) is 66.0 Å². The molecule has 0 aliphatic heterocycles. The van der Waals surface area contributed by atoms with Gasteiger partial charge in [-0.1, -0.05) is 38.1 Å². The van der Waals surface area contributed by atoms with Crippen molar-refractivity contribution in [2.24, 2.45) is 0 Å². The van der Waals surface area contributed by atoms with Crippen LogP contribution >= 0.6 is 0 Å². The minimum absolute atomic E-state index is 0.128. The van der Waals surface area contributed by atoms with E-state index in [0.717, 1.165) is 12.1 Å². The predicted molar refractivity (Wildman–Crippen MR) is 79.3 cm³/mol. The Kier molecular flexibility index (Phi) is 4.39. The van der Waals surface area contributed by atoms with Gasteiger partial charge in [0.05, 0.1) is 18.2 Å². The molecule has 110 valence electrons. The summed E-state index contributed by atoms with van der Waals surface area (Å²) in [6, 6.07) is 9.70. The minimum Gasteiger partial charge on any atom is -0.339 e. The van der Waals surface area contributed by atoms with Crippen LogP contribution in [0.4, 0.5) is 0 Å². The van der Waals surface area contributed by atoms with Crippen LogP contribution < -0.4 is 0 Å². The van der Waals surface area contributed by atoms with Gasteiger partial charge in [-0.05, 0) is 24.7 Å². The molecule has 2 rings (SSSR count). The van der Waals surface area contributed by atoms with Crippen LogP contribution in [0.5, 0.6) is 0 Å². The van der Waals surface area contributed by atoms with E-state index in [9.17, 15) is 0 Å². The Morgan fingerprint density at radius 3 is 2.38 bits per heavy atom. The molecule has 0 spiro atoms. The van der Waals surface area contributed by atoms with E-state index in [2.05, 4.69) is 21.1 Å². The Hall–Kier alpha value is -2.19. The van der Waals surface area contributed by atoms with Gasteiger partial charge < -0.3 is 4.52 Å². The maximum absolute atomic E-state index is 8.79. The molecule has 0 bridgehead atoms. The van der Waals surface area contributed by atoms with Crippen molar-refractivity contribution in [2.45, 2.75) is 39.3 Å². The molecule has 0 amide bonds. The summed E-state index contributed by atoms with van der Waals surface area (Å²) >= 11 is 0. The summed E-state index contributed by atoms with van der Waals surface area (Å²) in [5.74, 6) is 1.35. The van der Waals surface area contributed by atoms with Crippen molar-refractivity contribution < 1.29 is 4.52 Å². The second-order valence-electron chi connectivity index (χ2n) is 6.25. The van der Waals surface area contributed by atoms with Crippen LogP contribution in [0, 0.1) is 11.3 Å². The molecule has 21 heavy (non-hydrogen) atoms. The average Bonchev–Trinajstić information content (AvgIpc) is 2.88. The highest BCUT2D eigenvalue weighted by molar-refractivity contribution is 5.31. The zero-order valence-electron chi connectivity index (χ0n) is 12.9. The third kappa shape index (κ3) is 4.14. The lowest BCUT2D eigenvalue weighted by Crippen LogP contribution is -2.18. The van der Waals surface area contributed by atoms with Crippen LogP contribution in [0.2, 0.25) is 0 Å². The zero-order chi connectivity index (χ0) is 15.5. The van der Waals surface area contributed by atoms with Gasteiger partial charge in [0.1, 0.15) is 0 Å². The van der Waals surface area contributed by atoms with Crippen molar-refractivity contribution >= 4 is 0 Å². The summed E-state index contributed by atoms with van der Waals surface area (Å²) in [7, 11) is 2.01. The van der Waals surface area contributed by atoms with Crippen molar-refractivity contribution in [3.05, 3.63) is 47.1 Å². The van der Waals surface area contributed by atoms with Crippen LogP contribution in [-0.4, -0.2) is 22.1 Å². The van der Waals surface area contributed by atoms with Crippen molar-refractivity contribution in [3.8, 4) is 6.07 Å². The fourth-order valence-corrected chi connectivity index (χ4v) is 1.92. The summed E-state index contributed by atoms with van der Waals surface area (Å²) in [6.07, 6.45) is 0. The number of aromatic nitrogens is 2. The maximum atomic E-state index is 8.79. The largest absolute Gasteiger partial charge is 0.339 e. The summed E-state index contributed by atoms with van der Waals surface area (Å²) in [5.41, 5.74) is 1.70. The normalized spacial score (nSPS) is 11.6. The maximum Gasteiger partial charge on any atom is 0.232 e. The highest BCUT2D eigenvalue weighted by Gasteiger charge is 2.21. The molecular weight excluding hydrogens is 264 g/mol. The average molecular weight is 284 g/mol. The van der Waals surface area contributed by atoms with Gasteiger partial charge >= 0.3 is 0 Å². The Balaban J connectivity index is 1.96. The molecule has 0 aliphatic carbocycles. The fraction of sp³-hybridized carbons (Fsp3) is 0.438. The first-order valence-electron chi connectivity index (χ1n) is 6.89. The van der Waals surface area contributed by atoms with E-state index in [1.807, 2.05) is 52.1 Å². The number of nitrogens with zero attached hydrogens (tertiary/aromatic N) is 4. The SMILES string of the molecule is CN(Cc1ccc(C#N)cc1)Cc1noc(C(C)(C)C)n1. The van der Waals surface area contributed by atoms with Gasteiger partial charge in [0.25, 0.3) is 0 Å². The van der Waals surface area contributed by atoms with Crippen LogP contribution in [0.3, 0.4) is 0 Å². The molecule has 5 nitrogen and oxygen atoms in total. The number of hydrogen-bond donors (Lipinski definition) is 0. The molecule has 0 fully saturated rings. The van der Waals surface area contributed by atoms with E-state index in [4.69, 9.17) is 9.78 Å². The van der Waals surface area contributed by atoms with Crippen molar-refractivity contribution in [1.29, 1.82) is 5.26 Å². The van der Waals surface area contributed by atoms with Gasteiger partial charge in [-0.2, -0.15) is 10.2 Å². The molecule has 0 N–H and O–H groups in total.